The smallest absolute Gasteiger partial charge is 0.187 e. The quantitative estimate of drug-likeness (QED) is 0.0668. The fraction of sp³-hybridized carbons (Fsp3) is 0.345. The standard InChI is InChI=1S/C55H60O11/c1-57-55-53(63-37-45-30-18-7-19-31-45)52(50(61-35-43-26-14-5-15-27-43)47(65-55)39-59-33-41-22-10-3-11-23-41)66-54-48(56)51(62-36-44-28-16-6-17-29-44)49(60-34-42-24-12-4-13-25-42)46(64-54)38-58-32-40-20-8-2-9-21-40/h2-31,46-56H,32-39H2,1H3/t46-,47-,48+,49-,50-,51-,52+,53-,54+,55+/m1/s1. The highest BCUT2D eigenvalue weighted by atomic mass is 16.8. The van der Waals surface area contributed by atoms with Crippen LogP contribution >= 0.6 is 0 Å². The van der Waals surface area contributed by atoms with Gasteiger partial charge in [-0.1, -0.05) is 182 Å². The summed E-state index contributed by atoms with van der Waals surface area (Å²) in [5, 5.41) is 12.6. The zero-order valence-corrected chi connectivity index (χ0v) is 37.3. The molecule has 10 atom stereocenters. The maximum atomic E-state index is 12.6. The Morgan fingerprint density at radius 3 is 1.03 bits per heavy atom. The van der Waals surface area contributed by atoms with E-state index in [4.69, 9.17) is 47.4 Å². The van der Waals surface area contributed by atoms with Gasteiger partial charge in [-0.2, -0.15) is 0 Å². The highest BCUT2D eigenvalue weighted by Crippen LogP contribution is 2.35. The van der Waals surface area contributed by atoms with Crippen LogP contribution in [0.2, 0.25) is 0 Å². The average molecular weight is 897 g/mol. The SMILES string of the molecule is CO[C@H]1O[C@H](COCc2ccccc2)[C@@H](OCc2ccccc2)[C@H](O[C@@H]2O[C@H](COCc3ccccc3)[C@@H](OCc3ccccc3)[C@H](OCc3ccccc3)[C@@H]2O)[C@H]1OCc1ccccc1. The fourth-order valence-electron chi connectivity index (χ4n) is 8.22. The summed E-state index contributed by atoms with van der Waals surface area (Å²) in [6.07, 6.45) is -9.26. The summed E-state index contributed by atoms with van der Waals surface area (Å²) in [5.41, 5.74) is 5.81. The highest BCUT2D eigenvalue weighted by Gasteiger charge is 2.54. The van der Waals surface area contributed by atoms with Crippen LogP contribution < -0.4 is 0 Å². The third-order valence-corrected chi connectivity index (χ3v) is 11.7. The van der Waals surface area contributed by atoms with Crippen LogP contribution in [-0.2, 0) is 87.0 Å². The van der Waals surface area contributed by atoms with Crippen LogP contribution in [0.5, 0.6) is 0 Å². The molecule has 0 aliphatic carbocycles. The minimum Gasteiger partial charge on any atom is -0.385 e. The molecule has 0 spiro atoms. The Kier molecular flexibility index (Phi) is 18.0. The van der Waals surface area contributed by atoms with Crippen molar-refractivity contribution in [1.82, 2.24) is 0 Å². The van der Waals surface area contributed by atoms with Crippen LogP contribution in [-0.4, -0.2) is 86.8 Å². The zero-order chi connectivity index (χ0) is 45.2. The summed E-state index contributed by atoms with van der Waals surface area (Å²) < 4.78 is 66.4. The second kappa shape index (κ2) is 25.1. The molecule has 8 rings (SSSR count). The molecule has 2 aliphatic rings. The number of rotatable bonds is 23. The molecule has 11 nitrogen and oxygen atoms in total. The second-order valence-electron chi connectivity index (χ2n) is 16.5. The van der Waals surface area contributed by atoms with Gasteiger partial charge in [-0.3, -0.25) is 0 Å². The minimum atomic E-state index is -1.35. The molecular formula is C55H60O11. The first kappa shape index (κ1) is 47.4. The number of benzene rings is 6. The van der Waals surface area contributed by atoms with Crippen LogP contribution in [0.25, 0.3) is 0 Å². The predicted octanol–water partition coefficient (Wildman–Crippen LogP) is 8.60. The van der Waals surface area contributed by atoms with E-state index < -0.39 is 61.4 Å². The van der Waals surface area contributed by atoms with Crippen molar-refractivity contribution in [2.75, 3.05) is 20.3 Å². The topological polar surface area (TPSA) is 113 Å². The van der Waals surface area contributed by atoms with E-state index in [1.54, 1.807) is 7.11 Å². The van der Waals surface area contributed by atoms with Crippen molar-refractivity contribution in [3.05, 3.63) is 215 Å². The summed E-state index contributed by atoms with van der Waals surface area (Å²) in [6.45, 7) is 1.84. The van der Waals surface area contributed by atoms with E-state index >= 15 is 0 Å². The van der Waals surface area contributed by atoms with Crippen LogP contribution in [0, 0.1) is 0 Å². The van der Waals surface area contributed by atoms with Gasteiger partial charge in [0.15, 0.2) is 12.6 Å². The Labute approximate surface area is 388 Å². The normalized spacial score (nSPS) is 25.4. The Morgan fingerprint density at radius 2 is 0.667 bits per heavy atom. The monoisotopic (exact) mass is 896 g/mol. The van der Waals surface area contributed by atoms with Gasteiger partial charge in [-0.05, 0) is 33.4 Å². The summed E-state index contributed by atoms with van der Waals surface area (Å²) in [5.74, 6) is 0. The molecular weight excluding hydrogens is 837 g/mol. The van der Waals surface area contributed by atoms with Crippen molar-refractivity contribution in [3.8, 4) is 0 Å². The number of methoxy groups -OCH3 is 1. The molecule has 2 aliphatic heterocycles. The van der Waals surface area contributed by atoms with Crippen molar-refractivity contribution in [2.24, 2.45) is 0 Å². The molecule has 2 heterocycles. The van der Waals surface area contributed by atoms with E-state index in [1.807, 2.05) is 182 Å². The molecule has 0 radical (unpaired) electrons. The lowest BCUT2D eigenvalue weighted by atomic mass is 9.96. The zero-order valence-electron chi connectivity index (χ0n) is 37.3. The van der Waals surface area contributed by atoms with Crippen LogP contribution in [0.3, 0.4) is 0 Å². The number of aliphatic hydroxyl groups is 1. The molecule has 1 N–H and O–H groups in total. The lowest BCUT2D eigenvalue weighted by molar-refractivity contribution is -0.373. The third kappa shape index (κ3) is 13.5. The van der Waals surface area contributed by atoms with E-state index in [0.717, 1.165) is 33.4 Å². The molecule has 2 saturated heterocycles. The summed E-state index contributed by atoms with van der Waals surface area (Å²) >= 11 is 0. The van der Waals surface area contributed by atoms with Crippen molar-refractivity contribution in [3.63, 3.8) is 0 Å². The van der Waals surface area contributed by atoms with Crippen LogP contribution in [0.15, 0.2) is 182 Å². The van der Waals surface area contributed by atoms with Crippen molar-refractivity contribution in [2.45, 2.75) is 101 Å². The van der Waals surface area contributed by atoms with Gasteiger partial charge in [0.1, 0.15) is 48.8 Å². The Bertz CT molecular complexity index is 2220. The van der Waals surface area contributed by atoms with Crippen molar-refractivity contribution in [1.29, 1.82) is 0 Å². The van der Waals surface area contributed by atoms with Gasteiger partial charge in [0.2, 0.25) is 0 Å². The number of aliphatic hydroxyl groups excluding tert-OH is 1. The largest absolute Gasteiger partial charge is 0.385 e. The molecule has 346 valence electrons. The predicted molar refractivity (Wildman–Crippen MR) is 247 cm³/mol. The van der Waals surface area contributed by atoms with Gasteiger partial charge < -0.3 is 52.5 Å². The van der Waals surface area contributed by atoms with E-state index in [0.29, 0.717) is 13.2 Å². The molecule has 2 fully saturated rings. The molecule has 6 aromatic rings. The van der Waals surface area contributed by atoms with Gasteiger partial charge in [0, 0.05) is 7.11 Å². The van der Waals surface area contributed by atoms with E-state index in [1.165, 1.54) is 0 Å². The Balaban J connectivity index is 1.13. The van der Waals surface area contributed by atoms with Crippen LogP contribution in [0.1, 0.15) is 33.4 Å². The maximum Gasteiger partial charge on any atom is 0.187 e. The van der Waals surface area contributed by atoms with Gasteiger partial charge in [0.05, 0.1) is 52.9 Å². The lowest BCUT2D eigenvalue weighted by Crippen LogP contribution is -2.66. The molecule has 0 unspecified atom stereocenters. The molecule has 0 saturated carbocycles. The molecule has 11 heteroatoms. The van der Waals surface area contributed by atoms with E-state index in [9.17, 15) is 5.11 Å². The number of ether oxygens (including phenoxy) is 10. The first-order valence-corrected chi connectivity index (χ1v) is 22.6. The number of hydrogen-bond acceptors (Lipinski definition) is 11. The van der Waals surface area contributed by atoms with Gasteiger partial charge in [0.25, 0.3) is 0 Å². The first-order chi connectivity index (χ1) is 32.6. The Morgan fingerprint density at radius 1 is 0.364 bits per heavy atom. The van der Waals surface area contributed by atoms with Gasteiger partial charge in [-0.15, -0.1) is 0 Å². The number of hydrogen-bond donors (Lipinski definition) is 1. The maximum absolute atomic E-state index is 12.6. The summed E-state index contributed by atoms with van der Waals surface area (Å²) in [4.78, 5) is 0. The van der Waals surface area contributed by atoms with E-state index in [-0.39, 0.29) is 39.6 Å². The molecule has 0 aromatic heterocycles. The van der Waals surface area contributed by atoms with E-state index in [2.05, 4.69) is 0 Å². The summed E-state index contributed by atoms with van der Waals surface area (Å²) in [6, 6.07) is 59.4. The molecule has 0 amide bonds. The molecule has 0 bridgehead atoms. The highest BCUT2D eigenvalue weighted by molar-refractivity contribution is 5.18. The lowest BCUT2D eigenvalue weighted by Gasteiger charge is -2.49. The van der Waals surface area contributed by atoms with Gasteiger partial charge in [-0.25, -0.2) is 0 Å². The molecule has 66 heavy (non-hydrogen) atoms. The average Bonchev–Trinajstić information content (AvgIpc) is 3.37. The first-order valence-electron chi connectivity index (χ1n) is 22.6. The third-order valence-electron chi connectivity index (χ3n) is 11.7. The van der Waals surface area contributed by atoms with Gasteiger partial charge >= 0.3 is 0 Å². The minimum absolute atomic E-state index is 0.110. The molecule has 6 aromatic carbocycles. The van der Waals surface area contributed by atoms with Crippen molar-refractivity contribution < 1.29 is 52.5 Å². The summed E-state index contributed by atoms with van der Waals surface area (Å²) in [7, 11) is 1.57. The Hall–Kier alpha value is -5.12. The second-order valence-corrected chi connectivity index (χ2v) is 16.5. The van der Waals surface area contributed by atoms with Crippen LogP contribution in [0.4, 0.5) is 0 Å². The fourth-order valence-corrected chi connectivity index (χ4v) is 8.22. The van der Waals surface area contributed by atoms with Crippen molar-refractivity contribution >= 4 is 0 Å².